The third kappa shape index (κ3) is 7.98. The first-order valence-corrected chi connectivity index (χ1v) is 12.1. The van der Waals surface area contributed by atoms with Crippen LogP contribution in [0.4, 0.5) is 5.69 Å². The molecule has 0 fully saturated rings. The summed E-state index contributed by atoms with van der Waals surface area (Å²) >= 11 is 0. The number of unbranched alkanes of at least 4 members (excludes halogenated alkanes) is 4. The number of carbonyl (C=O) groups excluding carboxylic acids is 1. The highest BCUT2D eigenvalue weighted by atomic mass is 16.6. The smallest absolute Gasteiger partial charge is 0.336 e. The summed E-state index contributed by atoms with van der Waals surface area (Å²) in [5.41, 5.74) is 2.51. The van der Waals surface area contributed by atoms with Gasteiger partial charge in [0.1, 0.15) is 5.75 Å². The van der Waals surface area contributed by atoms with E-state index in [9.17, 15) is 14.9 Å². The lowest BCUT2D eigenvalue weighted by molar-refractivity contribution is -0.384. The number of hydrogen-bond donors (Lipinski definition) is 0. The quantitative estimate of drug-likeness (QED) is 0.0628. The Labute approximate surface area is 211 Å². The zero-order valence-electron chi connectivity index (χ0n) is 20.6. The van der Waals surface area contributed by atoms with Crippen LogP contribution in [0.15, 0.2) is 72.8 Å². The van der Waals surface area contributed by atoms with E-state index in [1.807, 2.05) is 18.2 Å². The van der Waals surface area contributed by atoms with Crippen LogP contribution in [0, 0.1) is 10.1 Å². The molecule has 7 nitrogen and oxygen atoms in total. The molecule has 0 bridgehead atoms. The molecule has 0 radical (unpaired) electrons. The van der Waals surface area contributed by atoms with Crippen LogP contribution >= 0.6 is 0 Å². The molecule has 3 aromatic rings. The van der Waals surface area contributed by atoms with E-state index in [1.165, 1.54) is 37.5 Å². The van der Waals surface area contributed by atoms with Gasteiger partial charge in [0, 0.05) is 18.2 Å². The highest BCUT2D eigenvalue weighted by Crippen LogP contribution is 2.29. The Bertz CT molecular complexity index is 1170. The maximum absolute atomic E-state index is 12.3. The average molecular weight is 490 g/mol. The molecular weight excluding hydrogens is 458 g/mol. The normalized spacial score (nSPS) is 10.8. The van der Waals surface area contributed by atoms with Crippen LogP contribution in [-0.2, 0) is 4.79 Å². The summed E-state index contributed by atoms with van der Waals surface area (Å²) < 4.78 is 16.7. The summed E-state index contributed by atoms with van der Waals surface area (Å²) in [7, 11) is 1.59. The molecule has 0 aliphatic carbocycles. The summed E-state index contributed by atoms with van der Waals surface area (Å²) in [6.45, 7) is 2.84. The molecule has 0 aliphatic rings. The molecule has 0 atom stereocenters. The van der Waals surface area contributed by atoms with Crippen molar-refractivity contribution in [2.45, 2.75) is 39.0 Å². The highest BCUT2D eigenvalue weighted by molar-refractivity contribution is 5.89. The summed E-state index contributed by atoms with van der Waals surface area (Å²) in [5.74, 6) is 1.18. The molecule has 0 heterocycles. The molecule has 0 aliphatic heterocycles. The lowest BCUT2D eigenvalue weighted by Crippen LogP contribution is -2.03. The number of carbonyl (C=O) groups is 1. The number of benzene rings is 3. The van der Waals surface area contributed by atoms with Crippen LogP contribution < -0.4 is 14.2 Å². The van der Waals surface area contributed by atoms with Gasteiger partial charge in [-0.3, -0.25) is 10.1 Å². The van der Waals surface area contributed by atoms with Crippen molar-refractivity contribution >= 4 is 17.7 Å². The fraction of sp³-hybridized carbons (Fsp3) is 0.276. The van der Waals surface area contributed by atoms with Crippen LogP contribution in [0.1, 0.15) is 44.6 Å². The van der Waals surface area contributed by atoms with Crippen molar-refractivity contribution in [2.24, 2.45) is 0 Å². The van der Waals surface area contributed by atoms with Crippen LogP contribution in [-0.4, -0.2) is 24.6 Å². The van der Waals surface area contributed by atoms with E-state index in [4.69, 9.17) is 14.2 Å². The minimum Gasteiger partial charge on any atom is -0.493 e. The molecule has 0 N–H and O–H groups in total. The number of methoxy groups -OCH3 is 1. The van der Waals surface area contributed by atoms with E-state index in [2.05, 4.69) is 6.92 Å². The molecule has 3 rings (SSSR count). The van der Waals surface area contributed by atoms with E-state index in [1.54, 1.807) is 49.6 Å². The van der Waals surface area contributed by atoms with E-state index < -0.39 is 10.9 Å². The monoisotopic (exact) mass is 489 g/mol. The van der Waals surface area contributed by atoms with Crippen molar-refractivity contribution in [3.05, 3.63) is 88.5 Å². The van der Waals surface area contributed by atoms with Gasteiger partial charge < -0.3 is 14.2 Å². The molecular formula is C29H31NO6. The van der Waals surface area contributed by atoms with Gasteiger partial charge in [-0.2, -0.15) is 0 Å². The fourth-order valence-corrected chi connectivity index (χ4v) is 3.60. The molecule has 36 heavy (non-hydrogen) atoms. The Morgan fingerprint density at radius 2 is 1.56 bits per heavy atom. The first-order chi connectivity index (χ1) is 17.5. The van der Waals surface area contributed by atoms with E-state index in [-0.39, 0.29) is 5.69 Å². The Morgan fingerprint density at radius 3 is 2.19 bits per heavy atom. The third-order valence-electron chi connectivity index (χ3n) is 5.59. The van der Waals surface area contributed by atoms with Crippen molar-refractivity contribution in [1.82, 2.24) is 0 Å². The zero-order valence-corrected chi connectivity index (χ0v) is 20.6. The summed E-state index contributed by atoms with van der Waals surface area (Å²) in [4.78, 5) is 22.6. The first-order valence-electron chi connectivity index (χ1n) is 12.1. The molecule has 188 valence electrons. The van der Waals surface area contributed by atoms with Crippen LogP contribution in [0.25, 0.3) is 17.2 Å². The summed E-state index contributed by atoms with van der Waals surface area (Å²) in [6.07, 6.45) is 8.86. The average Bonchev–Trinajstić information content (AvgIpc) is 2.90. The Hall–Kier alpha value is -4.13. The number of hydrogen-bond acceptors (Lipinski definition) is 6. The number of non-ortho nitro benzene ring substituents is 1. The minimum atomic E-state index is -0.510. The molecule has 0 saturated carbocycles. The lowest BCUT2D eigenvalue weighted by atomic mass is 10.1. The Balaban J connectivity index is 1.53. The molecule has 7 heteroatoms. The number of nitrogens with zero attached hydrogens (tertiary/aromatic N) is 1. The zero-order chi connectivity index (χ0) is 25.8. The first kappa shape index (κ1) is 26.5. The number of esters is 1. The van der Waals surface area contributed by atoms with Crippen molar-refractivity contribution in [3.8, 4) is 28.4 Å². The second-order valence-electron chi connectivity index (χ2n) is 8.26. The van der Waals surface area contributed by atoms with Crippen molar-refractivity contribution in [1.29, 1.82) is 0 Å². The fourth-order valence-electron chi connectivity index (χ4n) is 3.60. The van der Waals surface area contributed by atoms with Crippen molar-refractivity contribution in [2.75, 3.05) is 13.7 Å². The predicted molar refractivity (Wildman–Crippen MR) is 140 cm³/mol. The standard InChI is InChI=1S/C29H31NO6/c1-3-4-5-6-7-20-35-27-18-8-22(21-28(27)34-2)9-19-29(31)36-26-16-12-24(13-17-26)23-10-14-25(15-11-23)30(32)33/h8-19,21H,3-7,20H2,1-2H3/b19-9+. The van der Waals surface area contributed by atoms with Gasteiger partial charge in [0.05, 0.1) is 18.6 Å². The number of ether oxygens (including phenoxy) is 3. The number of rotatable bonds is 13. The SMILES string of the molecule is CCCCCCCOc1ccc(/C=C/C(=O)Oc2ccc(-c3ccc([N+](=O)[O-])cc3)cc2)cc1OC. The molecule has 0 saturated heterocycles. The van der Waals surface area contributed by atoms with Crippen molar-refractivity contribution < 1.29 is 23.9 Å². The number of nitro groups is 1. The summed E-state index contributed by atoms with van der Waals surface area (Å²) in [5, 5.41) is 10.8. The third-order valence-corrected chi connectivity index (χ3v) is 5.59. The van der Waals surface area contributed by atoms with Crippen molar-refractivity contribution in [3.63, 3.8) is 0 Å². The molecule has 3 aromatic carbocycles. The molecule has 0 amide bonds. The Morgan fingerprint density at radius 1 is 0.889 bits per heavy atom. The van der Waals surface area contributed by atoms with E-state index in [0.29, 0.717) is 23.9 Å². The van der Waals surface area contributed by atoms with Gasteiger partial charge in [-0.05, 0) is 65.6 Å². The molecule has 0 unspecified atom stereocenters. The van der Waals surface area contributed by atoms with Gasteiger partial charge in [-0.25, -0.2) is 4.79 Å². The van der Waals surface area contributed by atoms with Gasteiger partial charge in [0.2, 0.25) is 0 Å². The topological polar surface area (TPSA) is 87.9 Å². The van der Waals surface area contributed by atoms with Crippen LogP contribution in [0.2, 0.25) is 0 Å². The van der Waals surface area contributed by atoms with E-state index in [0.717, 1.165) is 29.5 Å². The number of nitro benzene ring substituents is 1. The molecule has 0 aromatic heterocycles. The summed E-state index contributed by atoms with van der Waals surface area (Å²) in [6, 6.07) is 18.7. The largest absolute Gasteiger partial charge is 0.493 e. The van der Waals surface area contributed by atoms with E-state index >= 15 is 0 Å². The lowest BCUT2D eigenvalue weighted by Gasteiger charge is -2.11. The van der Waals surface area contributed by atoms with Crippen LogP contribution in [0.3, 0.4) is 0 Å². The maximum atomic E-state index is 12.3. The highest BCUT2D eigenvalue weighted by Gasteiger charge is 2.08. The second kappa shape index (κ2) is 13.7. The van der Waals surface area contributed by atoms with Gasteiger partial charge in [-0.1, -0.05) is 50.8 Å². The molecule has 0 spiro atoms. The second-order valence-corrected chi connectivity index (χ2v) is 8.26. The predicted octanol–water partition coefficient (Wildman–Crippen LogP) is 7.24. The van der Waals surface area contributed by atoms with Gasteiger partial charge in [-0.15, -0.1) is 0 Å². The Kier molecular flexibility index (Phi) is 10.1. The van der Waals surface area contributed by atoms with Gasteiger partial charge >= 0.3 is 5.97 Å². The maximum Gasteiger partial charge on any atom is 0.336 e. The van der Waals surface area contributed by atoms with Gasteiger partial charge in [0.25, 0.3) is 5.69 Å². The minimum absolute atomic E-state index is 0.0358. The van der Waals surface area contributed by atoms with Crippen LogP contribution in [0.5, 0.6) is 17.2 Å². The van der Waals surface area contributed by atoms with Gasteiger partial charge in [0.15, 0.2) is 11.5 Å².